The van der Waals surface area contributed by atoms with Gasteiger partial charge in [0.05, 0.1) is 16.9 Å². The molecular weight excluding hydrogens is 314 g/mol. The van der Waals surface area contributed by atoms with Gasteiger partial charge in [-0.1, -0.05) is 18.7 Å². The lowest BCUT2D eigenvalue weighted by Gasteiger charge is -2.08. The summed E-state index contributed by atoms with van der Waals surface area (Å²) >= 11 is 0. The first-order valence-corrected chi connectivity index (χ1v) is 8.69. The second kappa shape index (κ2) is 7.69. The molecular formula is C17H19NO4S. The van der Waals surface area contributed by atoms with E-state index in [1.165, 1.54) is 18.4 Å². The van der Waals surface area contributed by atoms with Gasteiger partial charge in [-0.2, -0.15) is 0 Å². The molecule has 0 radical (unpaired) electrons. The van der Waals surface area contributed by atoms with Crippen LogP contribution in [-0.2, 0) is 20.3 Å². The van der Waals surface area contributed by atoms with Crippen molar-refractivity contribution < 1.29 is 17.9 Å². The monoisotopic (exact) mass is 333 g/mol. The highest BCUT2D eigenvalue weighted by Gasteiger charge is 2.15. The normalized spacial score (nSPS) is 11.0. The van der Waals surface area contributed by atoms with E-state index in [0.29, 0.717) is 30.2 Å². The largest absolute Gasteiger partial charge is 0.498 e. The minimum Gasteiger partial charge on any atom is -0.498 e. The molecule has 0 atom stereocenters. The summed E-state index contributed by atoms with van der Waals surface area (Å²) in [6, 6.07) is 13.1. The number of hydrogen-bond donors (Lipinski definition) is 1. The Morgan fingerprint density at radius 3 is 2.26 bits per heavy atom. The van der Waals surface area contributed by atoms with Crippen LogP contribution in [0.5, 0.6) is 5.75 Å². The maximum Gasteiger partial charge on any atom is 0.182 e. The zero-order valence-corrected chi connectivity index (χ0v) is 13.5. The number of benzene rings is 2. The minimum atomic E-state index is -3.39. The van der Waals surface area contributed by atoms with Crippen molar-refractivity contribution in [3.05, 3.63) is 66.9 Å². The molecule has 0 aliphatic carbocycles. The molecule has 2 aromatic rings. The van der Waals surface area contributed by atoms with Crippen LogP contribution in [0.3, 0.4) is 0 Å². The summed E-state index contributed by atoms with van der Waals surface area (Å²) in [7, 11) is -3.39. The number of sulfone groups is 1. The van der Waals surface area contributed by atoms with Gasteiger partial charge in [-0.15, -0.1) is 0 Å². The van der Waals surface area contributed by atoms with Crippen LogP contribution in [-0.4, -0.2) is 21.6 Å². The first-order chi connectivity index (χ1) is 11.0. The van der Waals surface area contributed by atoms with Gasteiger partial charge in [0.25, 0.3) is 0 Å². The highest BCUT2D eigenvalue weighted by atomic mass is 32.2. The zero-order chi connectivity index (χ0) is 16.7. The fourth-order valence-corrected chi connectivity index (χ4v) is 3.30. The molecule has 0 saturated carbocycles. The summed E-state index contributed by atoms with van der Waals surface area (Å²) in [6.07, 6.45) is 1.36. The van der Waals surface area contributed by atoms with E-state index < -0.39 is 9.84 Å². The maximum atomic E-state index is 12.3. The van der Waals surface area contributed by atoms with E-state index >= 15 is 0 Å². The van der Waals surface area contributed by atoms with E-state index in [0.717, 1.165) is 0 Å². The van der Waals surface area contributed by atoms with Gasteiger partial charge in [0.2, 0.25) is 0 Å². The van der Waals surface area contributed by atoms with Gasteiger partial charge in [0, 0.05) is 5.69 Å². The maximum absolute atomic E-state index is 12.3. The number of rotatable bonds is 8. The van der Waals surface area contributed by atoms with Crippen LogP contribution >= 0.6 is 0 Å². The summed E-state index contributed by atoms with van der Waals surface area (Å²) in [6.45, 7) is 4.25. The predicted molar refractivity (Wildman–Crippen MR) is 89.8 cm³/mol. The summed E-state index contributed by atoms with van der Waals surface area (Å²) in [5.41, 5.74) is 6.80. The van der Waals surface area contributed by atoms with Crippen LogP contribution < -0.4 is 10.5 Å². The SMILES string of the molecule is C=COCCOc1ccc(CS(=O)(=O)c2ccc(N)cc2)cc1. The fraction of sp³-hybridized carbons (Fsp3) is 0.176. The van der Waals surface area contributed by atoms with Gasteiger partial charge in [-0.05, 0) is 42.0 Å². The molecule has 0 aliphatic rings. The van der Waals surface area contributed by atoms with Crippen molar-refractivity contribution in [1.82, 2.24) is 0 Å². The number of anilines is 1. The Hall–Kier alpha value is -2.47. The smallest absolute Gasteiger partial charge is 0.182 e. The molecule has 0 bridgehead atoms. The third-order valence-electron chi connectivity index (χ3n) is 3.11. The Bertz CT molecular complexity index is 737. The standard InChI is InChI=1S/C17H19NO4S/c1-2-21-11-12-22-16-7-3-14(4-8-16)13-23(19,20)17-9-5-15(18)6-10-17/h2-10H,1,11-13,18H2. The first-order valence-electron chi connectivity index (χ1n) is 7.04. The van der Waals surface area contributed by atoms with Crippen LogP contribution in [0.15, 0.2) is 66.3 Å². The van der Waals surface area contributed by atoms with E-state index in [4.69, 9.17) is 15.2 Å². The zero-order valence-electron chi connectivity index (χ0n) is 12.6. The van der Waals surface area contributed by atoms with Crippen LogP contribution in [0, 0.1) is 0 Å². The fourth-order valence-electron chi connectivity index (χ4n) is 1.95. The van der Waals surface area contributed by atoms with Gasteiger partial charge in [-0.25, -0.2) is 8.42 Å². The molecule has 2 aromatic carbocycles. The molecule has 0 fully saturated rings. The molecule has 0 amide bonds. The van der Waals surface area contributed by atoms with E-state index in [9.17, 15) is 8.42 Å². The van der Waals surface area contributed by atoms with Gasteiger partial charge in [-0.3, -0.25) is 0 Å². The van der Waals surface area contributed by atoms with Crippen molar-refractivity contribution in [3.8, 4) is 5.75 Å². The minimum absolute atomic E-state index is 0.0726. The van der Waals surface area contributed by atoms with Crippen LogP contribution in [0.25, 0.3) is 0 Å². The number of nitrogen functional groups attached to an aromatic ring is 1. The lowest BCUT2D eigenvalue weighted by molar-refractivity contribution is 0.179. The van der Waals surface area contributed by atoms with Crippen molar-refractivity contribution in [2.45, 2.75) is 10.6 Å². The summed E-state index contributed by atoms with van der Waals surface area (Å²) in [4.78, 5) is 0.258. The second-order valence-corrected chi connectivity index (χ2v) is 6.85. The lowest BCUT2D eigenvalue weighted by atomic mass is 10.2. The molecule has 0 spiro atoms. The van der Waals surface area contributed by atoms with Gasteiger partial charge in [0.15, 0.2) is 9.84 Å². The molecule has 23 heavy (non-hydrogen) atoms. The topological polar surface area (TPSA) is 78.6 Å². The molecule has 0 saturated heterocycles. The summed E-state index contributed by atoms with van der Waals surface area (Å²) < 4.78 is 35.1. The quantitative estimate of drug-likeness (QED) is 0.456. The van der Waals surface area contributed by atoms with E-state index in [1.807, 2.05) is 0 Å². The molecule has 0 aliphatic heterocycles. The molecule has 6 heteroatoms. The van der Waals surface area contributed by atoms with Crippen molar-refractivity contribution in [1.29, 1.82) is 0 Å². The summed E-state index contributed by atoms with van der Waals surface area (Å²) in [5, 5.41) is 0. The average Bonchev–Trinajstić information content (AvgIpc) is 2.53. The van der Waals surface area contributed by atoms with Crippen molar-refractivity contribution in [2.75, 3.05) is 18.9 Å². The van der Waals surface area contributed by atoms with Crippen molar-refractivity contribution in [3.63, 3.8) is 0 Å². The first kappa shape index (κ1) is 16.9. The van der Waals surface area contributed by atoms with E-state index in [2.05, 4.69) is 6.58 Å². The Balaban J connectivity index is 1.99. The Morgan fingerprint density at radius 2 is 1.65 bits per heavy atom. The average molecular weight is 333 g/mol. The molecule has 2 rings (SSSR count). The Morgan fingerprint density at radius 1 is 1.00 bits per heavy atom. The third kappa shape index (κ3) is 5.03. The molecule has 0 unspecified atom stereocenters. The predicted octanol–water partition coefficient (Wildman–Crippen LogP) is 2.78. The number of hydrogen-bond acceptors (Lipinski definition) is 5. The molecule has 0 aromatic heterocycles. The van der Waals surface area contributed by atoms with E-state index in [1.54, 1.807) is 36.4 Å². The van der Waals surface area contributed by atoms with E-state index in [-0.39, 0.29) is 10.6 Å². The van der Waals surface area contributed by atoms with Crippen molar-refractivity contribution in [2.24, 2.45) is 0 Å². The van der Waals surface area contributed by atoms with Gasteiger partial charge < -0.3 is 15.2 Å². The molecule has 5 nitrogen and oxygen atoms in total. The van der Waals surface area contributed by atoms with Crippen LogP contribution in [0.2, 0.25) is 0 Å². The third-order valence-corrected chi connectivity index (χ3v) is 4.81. The molecule has 2 N–H and O–H groups in total. The van der Waals surface area contributed by atoms with Crippen LogP contribution in [0.1, 0.15) is 5.56 Å². The number of nitrogens with two attached hydrogens (primary N) is 1. The molecule has 122 valence electrons. The highest BCUT2D eigenvalue weighted by molar-refractivity contribution is 7.90. The Kier molecular flexibility index (Phi) is 5.65. The van der Waals surface area contributed by atoms with Gasteiger partial charge in [0.1, 0.15) is 19.0 Å². The number of ether oxygens (including phenoxy) is 2. The van der Waals surface area contributed by atoms with Gasteiger partial charge >= 0.3 is 0 Å². The second-order valence-electron chi connectivity index (χ2n) is 4.86. The summed E-state index contributed by atoms with van der Waals surface area (Å²) in [5.74, 6) is 0.586. The highest BCUT2D eigenvalue weighted by Crippen LogP contribution is 2.19. The lowest BCUT2D eigenvalue weighted by Crippen LogP contribution is -2.06. The van der Waals surface area contributed by atoms with Crippen LogP contribution in [0.4, 0.5) is 5.69 Å². The Labute approximate surface area is 136 Å². The van der Waals surface area contributed by atoms with Crippen molar-refractivity contribution >= 4 is 15.5 Å². The molecule has 0 heterocycles.